The summed E-state index contributed by atoms with van der Waals surface area (Å²) >= 11 is 0. The summed E-state index contributed by atoms with van der Waals surface area (Å²) < 4.78 is 17.0. The number of carbonyl (C=O) groups excluding carboxylic acids is 1. The first-order chi connectivity index (χ1) is 14.7. The van der Waals surface area contributed by atoms with Gasteiger partial charge in [0, 0.05) is 5.56 Å². The molecule has 0 unspecified atom stereocenters. The van der Waals surface area contributed by atoms with E-state index < -0.39 is 0 Å². The predicted molar refractivity (Wildman–Crippen MR) is 117 cm³/mol. The largest absolute Gasteiger partial charge is 0.497 e. The van der Waals surface area contributed by atoms with E-state index in [9.17, 15) is 4.79 Å². The number of ketones is 1. The molecule has 0 N–H and O–H groups in total. The van der Waals surface area contributed by atoms with Crippen molar-refractivity contribution in [1.29, 1.82) is 0 Å². The molecule has 4 heteroatoms. The summed E-state index contributed by atoms with van der Waals surface area (Å²) in [5.41, 5.74) is 3.45. The van der Waals surface area contributed by atoms with Crippen molar-refractivity contribution in [2.75, 3.05) is 7.11 Å². The molecule has 0 amide bonds. The Bertz CT molecular complexity index is 1110. The summed E-state index contributed by atoms with van der Waals surface area (Å²) in [4.78, 5) is 12.7. The van der Waals surface area contributed by atoms with Gasteiger partial charge in [-0.1, -0.05) is 54.6 Å². The molecule has 1 aliphatic rings. The summed E-state index contributed by atoms with van der Waals surface area (Å²) in [7, 11) is 1.64. The minimum absolute atomic E-state index is 0.118. The maximum absolute atomic E-state index is 12.7. The second-order valence-corrected chi connectivity index (χ2v) is 6.93. The smallest absolute Gasteiger partial charge is 0.231 e. The third-order valence-corrected chi connectivity index (χ3v) is 4.93. The van der Waals surface area contributed by atoms with Crippen LogP contribution in [0, 0.1) is 6.92 Å². The standard InChI is InChI=1S/C26H22O4/c1-18-23(29-17-20-11-13-21(28-2)14-12-20)16-15-22-25(27)24(30-26(18)22)10-6-9-19-7-4-3-5-8-19/h3-16H,17H2,1-2H3/b9-6+,24-10-. The van der Waals surface area contributed by atoms with Crippen molar-refractivity contribution in [1.82, 2.24) is 0 Å². The Morgan fingerprint density at radius 1 is 0.967 bits per heavy atom. The number of carbonyl (C=O) groups is 1. The Morgan fingerprint density at radius 3 is 2.47 bits per heavy atom. The molecule has 0 saturated heterocycles. The average molecular weight is 398 g/mol. The van der Waals surface area contributed by atoms with Crippen LogP contribution in [0.2, 0.25) is 0 Å². The quantitative estimate of drug-likeness (QED) is 0.496. The van der Waals surface area contributed by atoms with Crippen molar-refractivity contribution in [3.63, 3.8) is 0 Å². The number of ether oxygens (including phenoxy) is 3. The van der Waals surface area contributed by atoms with E-state index in [1.54, 1.807) is 19.3 Å². The van der Waals surface area contributed by atoms with E-state index in [1.165, 1.54) is 0 Å². The Morgan fingerprint density at radius 2 is 1.73 bits per heavy atom. The third-order valence-electron chi connectivity index (χ3n) is 4.93. The SMILES string of the molecule is COc1ccc(COc2ccc3c(c2C)O/C(=C\C=C\c2ccccc2)C3=O)cc1. The first kappa shape index (κ1) is 19.5. The number of rotatable bonds is 6. The molecule has 0 fully saturated rings. The number of allylic oxidation sites excluding steroid dienone is 3. The summed E-state index contributed by atoms with van der Waals surface area (Å²) in [6, 6.07) is 21.2. The minimum Gasteiger partial charge on any atom is -0.497 e. The van der Waals surface area contributed by atoms with Crippen LogP contribution in [0.15, 0.2) is 84.6 Å². The van der Waals surface area contributed by atoms with Gasteiger partial charge in [0.15, 0.2) is 5.76 Å². The molecule has 0 aromatic heterocycles. The van der Waals surface area contributed by atoms with Crippen LogP contribution in [0.5, 0.6) is 17.2 Å². The van der Waals surface area contributed by atoms with Crippen LogP contribution in [0.25, 0.3) is 6.08 Å². The van der Waals surface area contributed by atoms with Crippen molar-refractivity contribution in [2.45, 2.75) is 13.5 Å². The van der Waals surface area contributed by atoms with E-state index in [1.807, 2.05) is 79.7 Å². The fraction of sp³-hybridized carbons (Fsp3) is 0.115. The highest BCUT2D eigenvalue weighted by molar-refractivity contribution is 6.12. The number of benzene rings is 3. The van der Waals surface area contributed by atoms with Crippen molar-refractivity contribution >= 4 is 11.9 Å². The summed E-state index contributed by atoms with van der Waals surface area (Å²) in [6.45, 7) is 2.32. The van der Waals surface area contributed by atoms with E-state index in [0.717, 1.165) is 22.4 Å². The first-order valence-electron chi connectivity index (χ1n) is 9.71. The molecule has 0 radical (unpaired) electrons. The molecule has 0 aliphatic carbocycles. The van der Waals surface area contributed by atoms with Gasteiger partial charge in [-0.25, -0.2) is 0 Å². The molecule has 1 heterocycles. The second-order valence-electron chi connectivity index (χ2n) is 6.93. The molecule has 0 atom stereocenters. The van der Waals surface area contributed by atoms with Crippen molar-refractivity contribution in [3.8, 4) is 17.2 Å². The molecule has 30 heavy (non-hydrogen) atoms. The van der Waals surface area contributed by atoms with Crippen LogP contribution in [0.3, 0.4) is 0 Å². The van der Waals surface area contributed by atoms with Crippen LogP contribution >= 0.6 is 0 Å². The average Bonchev–Trinajstić information content (AvgIpc) is 3.11. The van der Waals surface area contributed by atoms with Crippen LogP contribution in [-0.4, -0.2) is 12.9 Å². The monoisotopic (exact) mass is 398 g/mol. The third kappa shape index (κ3) is 4.13. The Kier molecular flexibility index (Phi) is 5.66. The molecule has 0 spiro atoms. The van der Waals surface area contributed by atoms with Crippen LogP contribution in [0.1, 0.15) is 27.0 Å². The Labute approximate surface area is 176 Å². The Balaban J connectivity index is 1.48. The highest BCUT2D eigenvalue weighted by Gasteiger charge is 2.29. The first-order valence-corrected chi connectivity index (χ1v) is 9.71. The van der Waals surface area contributed by atoms with E-state index >= 15 is 0 Å². The van der Waals surface area contributed by atoms with Crippen molar-refractivity contribution in [3.05, 3.63) is 107 Å². The molecule has 0 saturated carbocycles. The lowest BCUT2D eigenvalue weighted by molar-refractivity contribution is 0.101. The van der Waals surface area contributed by atoms with Gasteiger partial charge in [-0.05, 0) is 48.4 Å². The number of hydrogen-bond acceptors (Lipinski definition) is 4. The summed E-state index contributed by atoms with van der Waals surface area (Å²) in [5.74, 6) is 2.25. The van der Waals surface area contributed by atoms with Gasteiger partial charge in [-0.15, -0.1) is 0 Å². The van der Waals surface area contributed by atoms with E-state index in [0.29, 0.717) is 29.4 Å². The molecule has 3 aromatic carbocycles. The molecule has 4 rings (SSSR count). The fourth-order valence-electron chi connectivity index (χ4n) is 3.23. The Hall–Kier alpha value is -3.79. The van der Waals surface area contributed by atoms with Gasteiger partial charge < -0.3 is 14.2 Å². The van der Waals surface area contributed by atoms with Crippen LogP contribution < -0.4 is 14.2 Å². The molecular weight excluding hydrogens is 376 g/mol. The van der Waals surface area contributed by atoms with Crippen molar-refractivity contribution < 1.29 is 19.0 Å². The van der Waals surface area contributed by atoms with Gasteiger partial charge in [-0.3, -0.25) is 4.79 Å². The lowest BCUT2D eigenvalue weighted by Gasteiger charge is -2.11. The van der Waals surface area contributed by atoms with Gasteiger partial charge in [0.2, 0.25) is 5.78 Å². The van der Waals surface area contributed by atoms with E-state index in [-0.39, 0.29) is 5.78 Å². The van der Waals surface area contributed by atoms with Gasteiger partial charge in [-0.2, -0.15) is 0 Å². The van der Waals surface area contributed by atoms with Gasteiger partial charge in [0.05, 0.1) is 12.7 Å². The molecule has 3 aromatic rings. The zero-order valence-corrected chi connectivity index (χ0v) is 16.9. The molecule has 0 bridgehead atoms. The zero-order valence-electron chi connectivity index (χ0n) is 16.9. The molecule has 150 valence electrons. The lowest BCUT2D eigenvalue weighted by Crippen LogP contribution is -1.98. The number of hydrogen-bond donors (Lipinski definition) is 0. The topological polar surface area (TPSA) is 44.8 Å². The fourth-order valence-corrected chi connectivity index (χ4v) is 3.23. The van der Waals surface area contributed by atoms with E-state index in [4.69, 9.17) is 14.2 Å². The van der Waals surface area contributed by atoms with Gasteiger partial charge >= 0.3 is 0 Å². The summed E-state index contributed by atoms with van der Waals surface area (Å²) in [5, 5.41) is 0. The molecule has 1 aliphatic heterocycles. The zero-order chi connectivity index (χ0) is 20.9. The van der Waals surface area contributed by atoms with Crippen LogP contribution in [-0.2, 0) is 6.61 Å². The molecular formula is C26H22O4. The predicted octanol–water partition coefficient (Wildman–Crippen LogP) is 5.76. The second kappa shape index (κ2) is 8.70. The lowest BCUT2D eigenvalue weighted by atomic mass is 10.1. The highest BCUT2D eigenvalue weighted by atomic mass is 16.5. The number of fused-ring (bicyclic) bond motifs is 1. The van der Waals surface area contributed by atoms with Crippen LogP contribution in [0.4, 0.5) is 0 Å². The van der Waals surface area contributed by atoms with Gasteiger partial charge in [0.1, 0.15) is 23.9 Å². The normalized spacial score (nSPS) is 14.1. The maximum atomic E-state index is 12.7. The number of Topliss-reactive ketones (excluding diaryl/α,β-unsaturated/α-hetero) is 1. The van der Waals surface area contributed by atoms with E-state index in [2.05, 4.69) is 0 Å². The minimum atomic E-state index is -0.118. The highest BCUT2D eigenvalue weighted by Crippen LogP contribution is 2.39. The number of methoxy groups -OCH3 is 1. The maximum Gasteiger partial charge on any atom is 0.231 e. The summed E-state index contributed by atoms with van der Waals surface area (Å²) in [6.07, 6.45) is 5.46. The van der Waals surface area contributed by atoms with Crippen molar-refractivity contribution in [2.24, 2.45) is 0 Å². The molecule has 4 nitrogen and oxygen atoms in total. The van der Waals surface area contributed by atoms with Gasteiger partial charge in [0.25, 0.3) is 0 Å².